The molecule has 1 aliphatic heterocycles. The number of fused-ring (bicyclic) bond motifs is 4. The van der Waals surface area contributed by atoms with Crippen LogP contribution in [0.5, 0.6) is 5.75 Å². The molecule has 2 aromatic carbocycles. The first-order chi connectivity index (χ1) is 14.3. The van der Waals surface area contributed by atoms with Gasteiger partial charge in [0.2, 0.25) is 0 Å². The van der Waals surface area contributed by atoms with Crippen LogP contribution in [0.15, 0.2) is 70.7 Å². The van der Waals surface area contributed by atoms with Gasteiger partial charge in [0, 0.05) is 11.1 Å². The third kappa shape index (κ3) is 2.41. The summed E-state index contributed by atoms with van der Waals surface area (Å²) < 4.78 is 12.1. The van der Waals surface area contributed by atoms with Crippen LogP contribution in [0.1, 0.15) is 5.56 Å². The fraction of sp³-hybridized carbons (Fsp3) is 0.0455. The SMILES string of the molecule is O=c1c2c(oc3ccc(-c4cnc[nH]4)cc13)-c1ccc(-c3cnc[nH]3)cc1OC2. The Hall–Kier alpha value is -4.13. The molecular formula is C22H14N4O3. The van der Waals surface area contributed by atoms with Crippen LogP contribution in [-0.4, -0.2) is 19.9 Å². The van der Waals surface area contributed by atoms with Crippen molar-refractivity contribution in [3.63, 3.8) is 0 Å². The molecule has 1 aliphatic rings. The van der Waals surface area contributed by atoms with Crippen molar-refractivity contribution in [2.75, 3.05) is 0 Å². The largest absolute Gasteiger partial charge is 0.488 e. The molecule has 29 heavy (non-hydrogen) atoms. The second kappa shape index (κ2) is 5.93. The van der Waals surface area contributed by atoms with Gasteiger partial charge in [-0.1, -0.05) is 6.07 Å². The lowest BCUT2D eigenvalue weighted by Gasteiger charge is -2.20. The fourth-order valence-corrected chi connectivity index (χ4v) is 3.72. The first kappa shape index (κ1) is 15.9. The number of nitrogens with zero attached hydrogens (tertiary/aromatic N) is 2. The number of H-pyrrole nitrogens is 2. The van der Waals surface area contributed by atoms with E-state index >= 15 is 0 Å². The maximum Gasteiger partial charge on any atom is 0.199 e. The van der Waals surface area contributed by atoms with E-state index in [0.717, 1.165) is 28.1 Å². The summed E-state index contributed by atoms with van der Waals surface area (Å²) in [6, 6.07) is 11.4. The number of ether oxygens (including phenoxy) is 1. The summed E-state index contributed by atoms with van der Waals surface area (Å²) >= 11 is 0. The molecule has 0 unspecified atom stereocenters. The Labute approximate surface area is 164 Å². The highest BCUT2D eigenvalue weighted by atomic mass is 16.5. The van der Waals surface area contributed by atoms with E-state index in [1.165, 1.54) is 0 Å². The molecule has 2 N–H and O–H groups in total. The minimum absolute atomic E-state index is 0.0779. The van der Waals surface area contributed by atoms with Gasteiger partial charge in [-0.15, -0.1) is 0 Å². The van der Waals surface area contributed by atoms with Crippen molar-refractivity contribution >= 4 is 11.0 Å². The quantitative estimate of drug-likeness (QED) is 0.478. The number of rotatable bonds is 2. The molecule has 0 radical (unpaired) electrons. The Kier molecular flexibility index (Phi) is 3.25. The normalized spacial score (nSPS) is 12.4. The average molecular weight is 382 g/mol. The van der Waals surface area contributed by atoms with Crippen molar-refractivity contribution in [3.8, 4) is 39.6 Å². The van der Waals surface area contributed by atoms with Gasteiger partial charge in [0.05, 0.1) is 52.9 Å². The first-order valence-corrected chi connectivity index (χ1v) is 9.12. The third-order valence-corrected chi connectivity index (χ3v) is 5.20. The molecule has 0 fully saturated rings. The molecule has 7 heteroatoms. The molecule has 0 saturated heterocycles. The van der Waals surface area contributed by atoms with E-state index in [1.807, 2.05) is 36.4 Å². The van der Waals surface area contributed by atoms with Crippen LogP contribution in [0.2, 0.25) is 0 Å². The Bertz CT molecular complexity index is 1420. The average Bonchev–Trinajstić information content (AvgIpc) is 3.47. The Morgan fingerprint density at radius 3 is 2.34 bits per heavy atom. The summed E-state index contributed by atoms with van der Waals surface area (Å²) in [7, 11) is 0. The molecule has 140 valence electrons. The molecule has 0 saturated carbocycles. The van der Waals surface area contributed by atoms with Crippen molar-refractivity contribution in [1.29, 1.82) is 0 Å². The number of hydrogen-bond acceptors (Lipinski definition) is 5. The van der Waals surface area contributed by atoms with Gasteiger partial charge in [-0.05, 0) is 30.3 Å². The third-order valence-electron chi connectivity index (χ3n) is 5.20. The molecule has 0 spiro atoms. The molecule has 3 aromatic heterocycles. The monoisotopic (exact) mass is 382 g/mol. The number of aromatic amines is 2. The van der Waals surface area contributed by atoms with Crippen LogP contribution in [0.25, 0.3) is 44.8 Å². The topological polar surface area (TPSA) is 96.8 Å². The van der Waals surface area contributed by atoms with Gasteiger partial charge in [0.25, 0.3) is 0 Å². The molecule has 5 aromatic rings. The molecular weight excluding hydrogens is 368 g/mol. The molecule has 0 aliphatic carbocycles. The van der Waals surface area contributed by atoms with E-state index in [0.29, 0.717) is 28.0 Å². The predicted molar refractivity (Wildman–Crippen MR) is 107 cm³/mol. The van der Waals surface area contributed by atoms with Gasteiger partial charge in [0.1, 0.15) is 23.7 Å². The van der Waals surface area contributed by atoms with Crippen LogP contribution in [-0.2, 0) is 6.61 Å². The van der Waals surface area contributed by atoms with Gasteiger partial charge >= 0.3 is 0 Å². The zero-order valence-electron chi connectivity index (χ0n) is 15.1. The Morgan fingerprint density at radius 1 is 0.897 bits per heavy atom. The van der Waals surface area contributed by atoms with Crippen LogP contribution in [0.3, 0.4) is 0 Å². The summed E-state index contributed by atoms with van der Waals surface area (Å²) in [6.07, 6.45) is 6.71. The van der Waals surface area contributed by atoms with E-state index in [1.54, 1.807) is 25.0 Å². The minimum atomic E-state index is -0.0779. The molecule has 7 nitrogen and oxygen atoms in total. The van der Waals surface area contributed by atoms with Gasteiger partial charge in [-0.25, -0.2) is 9.97 Å². The molecule has 0 atom stereocenters. The standard InChI is InChI=1S/C22H14N4O3/c27-21-15-5-12(17-7-23-10-25-17)2-4-19(15)29-22-14-3-1-13(18-8-24-11-26-18)6-20(14)28-9-16(21)22/h1-8,10-11H,9H2,(H,23,25)(H,24,26). The summed E-state index contributed by atoms with van der Waals surface area (Å²) in [5.41, 5.74) is 5.34. The Morgan fingerprint density at radius 2 is 1.62 bits per heavy atom. The van der Waals surface area contributed by atoms with Gasteiger partial charge < -0.3 is 19.1 Å². The zero-order valence-corrected chi connectivity index (χ0v) is 15.1. The number of benzene rings is 2. The summed E-state index contributed by atoms with van der Waals surface area (Å²) in [4.78, 5) is 27.4. The fourth-order valence-electron chi connectivity index (χ4n) is 3.72. The summed E-state index contributed by atoms with van der Waals surface area (Å²) in [5.74, 6) is 1.25. The maximum absolute atomic E-state index is 13.2. The predicted octanol–water partition coefficient (Wildman–Crippen LogP) is 4.13. The van der Waals surface area contributed by atoms with Crippen molar-refractivity contribution in [3.05, 3.63) is 77.2 Å². The van der Waals surface area contributed by atoms with E-state index in [-0.39, 0.29) is 12.0 Å². The molecule has 4 heterocycles. The lowest BCUT2D eigenvalue weighted by molar-refractivity contribution is 0.295. The van der Waals surface area contributed by atoms with E-state index in [2.05, 4.69) is 19.9 Å². The number of imidazole rings is 2. The summed E-state index contributed by atoms with van der Waals surface area (Å²) in [6.45, 7) is 0.168. The summed E-state index contributed by atoms with van der Waals surface area (Å²) in [5, 5.41) is 0.525. The second-order valence-electron chi connectivity index (χ2n) is 6.88. The highest BCUT2D eigenvalue weighted by Crippen LogP contribution is 2.40. The van der Waals surface area contributed by atoms with Gasteiger partial charge in [-0.2, -0.15) is 0 Å². The van der Waals surface area contributed by atoms with E-state index in [4.69, 9.17) is 9.15 Å². The number of aromatic nitrogens is 4. The van der Waals surface area contributed by atoms with Gasteiger partial charge in [0.15, 0.2) is 5.43 Å². The first-order valence-electron chi connectivity index (χ1n) is 9.12. The van der Waals surface area contributed by atoms with Crippen molar-refractivity contribution in [1.82, 2.24) is 19.9 Å². The second-order valence-corrected chi connectivity index (χ2v) is 6.88. The smallest absolute Gasteiger partial charge is 0.199 e. The molecule has 0 amide bonds. The highest BCUT2D eigenvalue weighted by molar-refractivity contribution is 5.86. The van der Waals surface area contributed by atoms with Gasteiger partial charge in [-0.3, -0.25) is 4.79 Å². The van der Waals surface area contributed by atoms with E-state index < -0.39 is 0 Å². The van der Waals surface area contributed by atoms with E-state index in [9.17, 15) is 4.79 Å². The zero-order chi connectivity index (χ0) is 19.4. The van der Waals surface area contributed by atoms with Crippen LogP contribution in [0.4, 0.5) is 0 Å². The minimum Gasteiger partial charge on any atom is -0.488 e. The van der Waals surface area contributed by atoms with Crippen LogP contribution in [0, 0.1) is 0 Å². The van der Waals surface area contributed by atoms with Crippen molar-refractivity contribution in [2.45, 2.75) is 6.61 Å². The number of nitrogens with one attached hydrogen (secondary N) is 2. The van der Waals surface area contributed by atoms with Crippen molar-refractivity contribution in [2.24, 2.45) is 0 Å². The van der Waals surface area contributed by atoms with Crippen LogP contribution < -0.4 is 10.2 Å². The highest BCUT2D eigenvalue weighted by Gasteiger charge is 2.25. The lowest BCUT2D eigenvalue weighted by atomic mass is 9.99. The molecule has 0 bridgehead atoms. The van der Waals surface area contributed by atoms with Crippen molar-refractivity contribution < 1.29 is 9.15 Å². The maximum atomic E-state index is 13.2. The number of hydrogen-bond donors (Lipinski definition) is 2. The Balaban J connectivity index is 1.52. The molecule has 6 rings (SSSR count). The van der Waals surface area contributed by atoms with Crippen LogP contribution >= 0.6 is 0 Å². The lowest BCUT2D eigenvalue weighted by Crippen LogP contribution is -2.17.